The average molecular weight is 313 g/mol. The second kappa shape index (κ2) is 9.03. The van der Waals surface area contributed by atoms with Crippen molar-refractivity contribution in [3.63, 3.8) is 0 Å². The number of nitrogens with two attached hydrogens (primary N) is 1. The minimum absolute atomic E-state index is 0. The molecular formula is C16H25ClN2O2. The quantitative estimate of drug-likeness (QED) is 0.780. The number of benzene rings is 1. The number of carbonyl (C=O) groups is 1. The summed E-state index contributed by atoms with van der Waals surface area (Å²) in [4.78, 5) is 12.0. The van der Waals surface area contributed by atoms with Crippen molar-refractivity contribution >= 4 is 18.3 Å². The number of hydrogen-bond donors (Lipinski definition) is 3. The van der Waals surface area contributed by atoms with Gasteiger partial charge in [0.2, 0.25) is 0 Å². The molecule has 0 spiro atoms. The van der Waals surface area contributed by atoms with E-state index in [-0.39, 0.29) is 18.3 Å². The van der Waals surface area contributed by atoms with E-state index in [0.29, 0.717) is 24.6 Å². The number of amides is 1. The van der Waals surface area contributed by atoms with Crippen molar-refractivity contribution < 1.29 is 9.90 Å². The first-order chi connectivity index (χ1) is 9.70. The van der Waals surface area contributed by atoms with Crippen molar-refractivity contribution in [2.24, 2.45) is 11.7 Å². The largest absolute Gasteiger partial charge is 0.391 e. The maximum atomic E-state index is 12.0. The van der Waals surface area contributed by atoms with Crippen molar-refractivity contribution in [2.45, 2.75) is 44.8 Å². The number of rotatable bonds is 5. The number of nitrogens with one attached hydrogen (secondary N) is 1. The van der Waals surface area contributed by atoms with Gasteiger partial charge in [-0.2, -0.15) is 0 Å². The molecule has 4 nitrogen and oxygen atoms in total. The van der Waals surface area contributed by atoms with Gasteiger partial charge in [-0.25, -0.2) is 0 Å². The number of aliphatic hydroxyl groups excluding tert-OH is 1. The Labute approximate surface area is 132 Å². The smallest absolute Gasteiger partial charge is 0.251 e. The van der Waals surface area contributed by atoms with Crippen LogP contribution in [-0.2, 0) is 6.54 Å². The van der Waals surface area contributed by atoms with Crippen molar-refractivity contribution in [2.75, 3.05) is 6.54 Å². The lowest BCUT2D eigenvalue weighted by molar-refractivity contribution is 0.0738. The highest BCUT2D eigenvalue weighted by Crippen LogP contribution is 2.26. The lowest BCUT2D eigenvalue weighted by atomic mass is 9.85. The lowest BCUT2D eigenvalue weighted by Gasteiger charge is -2.26. The normalized spacial score (nSPS) is 16.9. The van der Waals surface area contributed by atoms with Crippen LogP contribution in [0.1, 0.15) is 48.0 Å². The minimum Gasteiger partial charge on any atom is -0.391 e. The van der Waals surface area contributed by atoms with Crippen LogP contribution in [0.2, 0.25) is 0 Å². The minimum atomic E-state index is -0.428. The van der Waals surface area contributed by atoms with E-state index in [2.05, 4.69) is 5.32 Å². The summed E-state index contributed by atoms with van der Waals surface area (Å²) in [5.74, 6) is 0.201. The maximum absolute atomic E-state index is 12.0. The van der Waals surface area contributed by atoms with Crippen molar-refractivity contribution in [1.29, 1.82) is 0 Å². The predicted molar refractivity (Wildman–Crippen MR) is 86.5 cm³/mol. The Morgan fingerprint density at radius 3 is 2.43 bits per heavy atom. The molecule has 0 aliphatic heterocycles. The third-order valence-electron chi connectivity index (χ3n) is 4.12. The maximum Gasteiger partial charge on any atom is 0.251 e. The number of aliphatic hydroxyl groups is 1. The molecule has 118 valence electrons. The molecule has 1 fully saturated rings. The first-order valence-electron chi connectivity index (χ1n) is 7.46. The van der Waals surface area contributed by atoms with Crippen molar-refractivity contribution in [1.82, 2.24) is 5.32 Å². The van der Waals surface area contributed by atoms with E-state index in [4.69, 9.17) is 5.73 Å². The van der Waals surface area contributed by atoms with Gasteiger partial charge in [-0.1, -0.05) is 31.4 Å². The van der Waals surface area contributed by atoms with E-state index in [1.807, 2.05) is 12.1 Å². The van der Waals surface area contributed by atoms with Gasteiger partial charge in [-0.15, -0.1) is 12.4 Å². The first kappa shape index (κ1) is 18.0. The van der Waals surface area contributed by atoms with Crippen LogP contribution in [0.4, 0.5) is 0 Å². The molecule has 0 radical (unpaired) electrons. The van der Waals surface area contributed by atoms with Gasteiger partial charge in [0.05, 0.1) is 6.10 Å². The zero-order chi connectivity index (χ0) is 14.4. The van der Waals surface area contributed by atoms with Crippen LogP contribution in [0, 0.1) is 5.92 Å². The summed E-state index contributed by atoms with van der Waals surface area (Å²) in [6, 6.07) is 7.24. The van der Waals surface area contributed by atoms with E-state index >= 15 is 0 Å². The molecule has 0 aromatic heterocycles. The summed E-state index contributed by atoms with van der Waals surface area (Å²) in [6.07, 6.45) is 5.36. The Balaban J connectivity index is 0.00000220. The average Bonchev–Trinajstić information content (AvgIpc) is 2.53. The molecule has 5 heteroatoms. The topological polar surface area (TPSA) is 75.4 Å². The fraction of sp³-hybridized carbons (Fsp3) is 0.562. The van der Waals surface area contributed by atoms with Crippen molar-refractivity contribution in [3.8, 4) is 0 Å². The predicted octanol–water partition coefficient (Wildman–Crippen LogP) is 2.24. The van der Waals surface area contributed by atoms with E-state index in [0.717, 1.165) is 18.4 Å². The summed E-state index contributed by atoms with van der Waals surface area (Å²) in [6.45, 7) is 0.810. The second-order valence-corrected chi connectivity index (χ2v) is 5.58. The highest BCUT2D eigenvalue weighted by Gasteiger charge is 2.22. The molecule has 1 unspecified atom stereocenters. The molecule has 1 aliphatic rings. The van der Waals surface area contributed by atoms with Crippen molar-refractivity contribution in [3.05, 3.63) is 35.4 Å². The van der Waals surface area contributed by atoms with Gasteiger partial charge in [-0.3, -0.25) is 4.79 Å². The Morgan fingerprint density at radius 2 is 1.86 bits per heavy atom. The Hall–Kier alpha value is -1.10. The zero-order valence-electron chi connectivity index (χ0n) is 12.3. The van der Waals surface area contributed by atoms with Gasteiger partial charge in [-0.05, 0) is 36.5 Å². The molecule has 0 bridgehead atoms. The summed E-state index contributed by atoms with van der Waals surface area (Å²) in [7, 11) is 0. The van der Waals surface area contributed by atoms with E-state index in [1.54, 1.807) is 12.1 Å². The van der Waals surface area contributed by atoms with Crippen LogP contribution in [0.15, 0.2) is 24.3 Å². The molecule has 1 amide bonds. The molecule has 1 aromatic rings. The van der Waals surface area contributed by atoms with Crippen LogP contribution in [0.5, 0.6) is 0 Å². The van der Waals surface area contributed by atoms with Gasteiger partial charge in [0, 0.05) is 18.7 Å². The molecule has 1 aliphatic carbocycles. The third-order valence-corrected chi connectivity index (χ3v) is 4.12. The summed E-state index contributed by atoms with van der Waals surface area (Å²) < 4.78 is 0. The monoisotopic (exact) mass is 312 g/mol. The van der Waals surface area contributed by atoms with Gasteiger partial charge in [0.1, 0.15) is 0 Å². The Kier molecular flexibility index (Phi) is 7.72. The van der Waals surface area contributed by atoms with Crippen LogP contribution in [0.3, 0.4) is 0 Å². The van der Waals surface area contributed by atoms with Crippen LogP contribution >= 0.6 is 12.4 Å². The van der Waals surface area contributed by atoms with Gasteiger partial charge in [0.15, 0.2) is 0 Å². The highest BCUT2D eigenvalue weighted by molar-refractivity contribution is 5.94. The molecule has 1 saturated carbocycles. The summed E-state index contributed by atoms with van der Waals surface area (Å²) in [5, 5.41) is 12.9. The van der Waals surface area contributed by atoms with Gasteiger partial charge in [0.25, 0.3) is 5.91 Å². The van der Waals surface area contributed by atoms with Crippen LogP contribution in [0.25, 0.3) is 0 Å². The standard InChI is InChI=1S/C16H24N2O2.ClH/c17-10-12-6-8-14(9-7-12)16(20)18-11-15(19)13-4-2-1-3-5-13;/h6-9,13,15,19H,1-5,10-11,17H2,(H,18,20);1H. The molecule has 0 heterocycles. The lowest BCUT2D eigenvalue weighted by Crippen LogP contribution is -2.37. The fourth-order valence-corrected chi connectivity index (χ4v) is 2.78. The molecule has 1 aromatic carbocycles. The highest BCUT2D eigenvalue weighted by atomic mass is 35.5. The van der Waals surface area contributed by atoms with E-state index in [9.17, 15) is 9.90 Å². The van der Waals surface area contributed by atoms with Gasteiger partial charge >= 0.3 is 0 Å². The van der Waals surface area contributed by atoms with Crippen LogP contribution < -0.4 is 11.1 Å². The summed E-state index contributed by atoms with van der Waals surface area (Å²) >= 11 is 0. The third kappa shape index (κ3) is 5.30. The number of hydrogen-bond acceptors (Lipinski definition) is 3. The first-order valence-corrected chi connectivity index (χ1v) is 7.46. The summed E-state index contributed by atoms with van der Waals surface area (Å²) in [5.41, 5.74) is 7.14. The SMILES string of the molecule is Cl.NCc1ccc(C(=O)NCC(O)C2CCCCC2)cc1. The molecule has 1 atom stereocenters. The fourth-order valence-electron chi connectivity index (χ4n) is 2.78. The van der Waals surface area contributed by atoms with E-state index < -0.39 is 6.10 Å². The molecule has 21 heavy (non-hydrogen) atoms. The number of carbonyl (C=O) groups excluding carboxylic acids is 1. The Bertz CT molecular complexity index is 430. The molecule has 0 saturated heterocycles. The molecule has 2 rings (SSSR count). The zero-order valence-corrected chi connectivity index (χ0v) is 13.1. The van der Waals surface area contributed by atoms with Gasteiger partial charge < -0.3 is 16.2 Å². The Morgan fingerprint density at radius 1 is 1.24 bits per heavy atom. The molecule has 4 N–H and O–H groups in total. The molecular weight excluding hydrogens is 288 g/mol. The van der Waals surface area contributed by atoms with E-state index in [1.165, 1.54) is 19.3 Å². The number of halogens is 1. The van der Waals surface area contributed by atoms with Crippen LogP contribution in [-0.4, -0.2) is 23.7 Å². The second-order valence-electron chi connectivity index (χ2n) is 5.58.